The lowest BCUT2D eigenvalue weighted by Gasteiger charge is -2.37. The highest BCUT2D eigenvalue weighted by molar-refractivity contribution is 5.77. The van der Waals surface area contributed by atoms with Gasteiger partial charge >= 0.3 is 0 Å². The molecule has 13 heavy (non-hydrogen) atoms. The Bertz CT molecular complexity index is 245. The Morgan fingerprint density at radius 3 is 2.77 bits per heavy atom. The molecule has 1 saturated carbocycles. The molecule has 1 aliphatic carbocycles. The van der Waals surface area contributed by atoms with Crippen LogP contribution in [0.4, 0.5) is 0 Å². The second-order valence-electron chi connectivity index (χ2n) is 3.60. The number of hydrogen-bond acceptors (Lipinski definition) is 2. The van der Waals surface area contributed by atoms with Gasteiger partial charge in [-0.05, 0) is 26.2 Å². The van der Waals surface area contributed by atoms with Crippen molar-refractivity contribution in [1.82, 2.24) is 5.32 Å². The van der Waals surface area contributed by atoms with E-state index in [1.807, 2.05) is 0 Å². The van der Waals surface area contributed by atoms with Gasteiger partial charge in [-0.3, -0.25) is 4.79 Å². The average Bonchev–Trinajstić information content (AvgIpc) is 2.02. The highest BCUT2D eigenvalue weighted by Gasteiger charge is 2.34. The van der Waals surface area contributed by atoms with Crippen LogP contribution in [0.5, 0.6) is 0 Å². The summed E-state index contributed by atoms with van der Waals surface area (Å²) in [4.78, 5) is 11.3. The van der Waals surface area contributed by atoms with E-state index in [0.29, 0.717) is 13.0 Å². The Balaban J connectivity index is 2.19. The Morgan fingerprint density at radius 1 is 1.62 bits per heavy atom. The molecule has 1 aliphatic rings. The molecule has 1 amide bonds. The summed E-state index contributed by atoms with van der Waals surface area (Å²) in [6.45, 7) is 2.19. The second kappa shape index (κ2) is 4.29. The summed E-state index contributed by atoms with van der Waals surface area (Å²) in [6, 6.07) is 0. The van der Waals surface area contributed by atoms with Crippen molar-refractivity contribution in [1.29, 1.82) is 0 Å². The fraction of sp³-hybridized carbons (Fsp3) is 0.700. The number of carbonyl (C=O) groups is 1. The summed E-state index contributed by atoms with van der Waals surface area (Å²) in [5.74, 6) is 5.51. The summed E-state index contributed by atoms with van der Waals surface area (Å²) in [6.07, 6.45) is 3.54. The quantitative estimate of drug-likeness (QED) is 0.618. The number of carbonyl (C=O) groups excluding carboxylic acids is 1. The van der Waals surface area contributed by atoms with E-state index in [-0.39, 0.29) is 11.4 Å². The fourth-order valence-electron chi connectivity index (χ4n) is 1.42. The van der Waals surface area contributed by atoms with Gasteiger partial charge in [0.2, 0.25) is 5.91 Å². The molecular formula is C10H16N2O. The van der Waals surface area contributed by atoms with Gasteiger partial charge in [-0.15, -0.1) is 5.92 Å². The van der Waals surface area contributed by atoms with E-state index < -0.39 is 0 Å². The summed E-state index contributed by atoms with van der Waals surface area (Å²) in [5.41, 5.74) is 5.69. The molecule has 0 radical (unpaired) electrons. The predicted octanol–water partition coefficient (Wildman–Crippen LogP) is 0.397. The Labute approximate surface area is 79.1 Å². The van der Waals surface area contributed by atoms with Gasteiger partial charge in [-0.1, -0.05) is 5.92 Å². The maximum atomic E-state index is 11.3. The Morgan fingerprint density at radius 2 is 2.31 bits per heavy atom. The van der Waals surface area contributed by atoms with Crippen molar-refractivity contribution < 1.29 is 4.79 Å². The molecule has 72 valence electrons. The van der Waals surface area contributed by atoms with Gasteiger partial charge in [0.15, 0.2) is 0 Å². The molecule has 0 bridgehead atoms. The molecule has 3 nitrogen and oxygen atoms in total. The number of rotatable bonds is 3. The third-order valence-electron chi connectivity index (χ3n) is 2.41. The lowest BCUT2D eigenvalue weighted by atomic mass is 9.75. The van der Waals surface area contributed by atoms with Gasteiger partial charge in [-0.2, -0.15) is 0 Å². The average molecular weight is 180 g/mol. The summed E-state index contributed by atoms with van der Waals surface area (Å²) in [7, 11) is 0. The zero-order valence-corrected chi connectivity index (χ0v) is 8.02. The van der Waals surface area contributed by atoms with Crippen molar-refractivity contribution in [2.45, 2.75) is 38.1 Å². The van der Waals surface area contributed by atoms with Crippen molar-refractivity contribution in [3.63, 3.8) is 0 Å². The highest BCUT2D eigenvalue weighted by atomic mass is 16.1. The van der Waals surface area contributed by atoms with E-state index in [9.17, 15) is 4.79 Å². The monoisotopic (exact) mass is 180 g/mol. The normalized spacial score (nSPS) is 18.0. The minimum atomic E-state index is -0.219. The molecule has 0 unspecified atom stereocenters. The van der Waals surface area contributed by atoms with Gasteiger partial charge < -0.3 is 11.1 Å². The molecule has 1 rings (SSSR count). The smallest absolute Gasteiger partial charge is 0.222 e. The van der Waals surface area contributed by atoms with E-state index >= 15 is 0 Å². The number of nitrogens with two attached hydrogens (primary N) is 1. The van der Waals surface area contributed by atoms with E-state index in [1.165, 1.54) is 0 Å². The summed E-state index contributed by atoms with van der Waals surface area (Å²) < 4.78 is 0. The van der Waals surface area contributed by atoms with Crippen LogP contribution in [0, 0.1) is 11.8 Å². The van der Waals surface area contributed by atoms with Crippen LogP contribution in [0.3, 0.4) is 0 Å². The zero-order valence-electron chi connectivity index (χ0n) is 8.02. The Hall–Kier alpha value is -1.01. The Kier molecular flexibility index (Phi) is 3.32. The first-order chi connectivity index (χ1) is 6.16. The maximum absolute atomic E-state index is 11.3. The maximum Gasteiger partial charge on any atom is 0.222 e. The minimum Gasteiger partial charge on any atom is -0.345 e. The molecule has 0 aromatic carbocycles. The second-order valence-corrected chi connectivity index (χ2v) is 3.60. The van der Waals surface area contributed by atoms with Crippen LogP contribution in [-0.4, -0.2) is 18.0 Å². The van der Waals surface area contributed by atoms with Crippen molar-refractivity contribution >= 4 is 5.91 Å². The van der Waals surface area contributed by atoms with Crippen molar-refractivity contribution in [3.05, 3.63) is 0 Å². The van der Waals surface area contributed by atoms with Gasteiger partial charge in [0.05, 0.1) is 6.54 Å². The molecule has 0 aromatic heterocycles. The molecule has 0 spiro atoms. The SMILES string of the molecule is CC#CCNC(=O)CC1(N)CCC1. The molecule has 0 aliphatic heterocycles. The van der Waals surface area contributed by atoms with E-state index in [1.54, 1.807) is 6.92 Å². The van der Waals surface area contributed by atoms with Crippen molar-refractivity contribution in [2.24, 2.45) is 5.73 Å². The molecule has 0 saturated heterocycles. The molecule has 3 heteroatoms. The first kappa shape index (κ1) is 10.1. The highest BCUT2D eigenvalue weighted by Crippen LogP contribution is 2.31. The summed E-state index contributed by atoms with van der Waals surface area (Å²) >= 11 is 0. The van der Waals surface area contributed by atoms with Crippen LogP contribution in [0.1, 0.15) is 32.6 Å². The number of amides is 1. The minimum absolute atomic E-state index is 0.0185. The number of nitrogens with one attached hydrogen (secondary N) is 1. The van der Waals surface area contributed by atoms with E-state index in [4.69, 9.17) is 5.73 Å². The lowest BCUT2D eigenvalue weighted by molar-refractivity contribution is -0.122. The molecule has 0 atom stereocenters. The first-order valence-electron chi connectivity index (χ1n) is 4.61. The van der Waals surface area contributed by atoms with Crippen LogP contribution in [0.2, 0.25) is 0 Å². The van der Waals surface area contributed by atoms with Gasteiger partial charge in [0, 0.05) is 12.0 Å². The van der Waals surface area contributed by atoms with Crippen molar-refractivity contribution in [2.75, 3.05) is 6.54 Å². The third kappa shape index (κ3) is 3.08. The third-order valence-corrected chi connectivity index (χ3v) is 2.41. The van der Waals surface area contributed by atoms with Gasteiger partial charge in [0.1, 0.15) is 0 Å². The topological polar surface area (TPSA) is 55.1 Å². The molecule has 0 heterocycles. The van der Waals surface area contributed by atoms with Crippen LogP contribution in [-0.2, 0) is 4.79 Å². The van der Waals surface area contributed by atoms with Crippen LogP contribution < -0.4 is 11.1 Å². The van der Waals surface area contributed by atoms with Gasteiger partial charge in [0.25, 0.3) is 0 Å². The summed E-state index contributed by atoms with van der Waals surface area (Å²) in [5, 5.41) is 2.72. The van der Waals surface area contributed by atoms with E-state index in [0.717, 1.165) is 19.3 Å². The zero-order chi connectivity index (χ0) is 9.73. The van der Waals surface area contributed by atoms with E-state index in [2.05, 4.69) is 17.2 Å². The van der Waals surface area contributed by atoms with Crippen molar-refractivity contribution in [3.8, 4) is 11.8 Å². The largest absolute Gasteiger partial charge is 0.345 e. The molecular weight excluding hydrogens is 164 g/mol. The lowest BCUT2D eigenvalue weighted by Crippen LogP contribution is -2.49. The fourth-order valence-corrected chi connectivity index (χ4v) is 1.42. The van der Waals surface area contributed by atoms with Crippen LogP contribution in [0.25, 0.3) is 0 Å². The van der Waals surface area contributed by atoms with Crippen LogP contribution in [0.15, 0.2) is 0 Å². The predicted molar refractivity (Wildman–Crippen MR) is 51.8 cm³/mol. The number of hydrogen-bond donors (Lipinski definition) is 2. The van der Waals surface area contributed by atoms with Crippen LogP contribution >= 0.6 is 0 Å². The van der Waals surface area contributed by atoms with Gasteiger partial charge in [-0.25, -0.2) is 0 Å². The first-order valence-corrected chi connectivity index (χ1v) is 4.61. The standard InChI is InChI=1S/C10H16N2O/c1-2-3-7-12-9(13)8-10(11)5-4-6-10/h4-8,11H2,1H3,(H,12,13). The molecule has 3 N–H and O–H groups in total. The molecule has 0 aromatic rings. The molecule has 1 fully saturated rings.